The van der Waals surface area contributed by atoms with Gasteiger partial charge in [0.05, 0.1) is 7.11 Å². The number of benzene rings is 1. The number of hydrogen-bond acceptors (Lipinski definition) is 6. The van der Waals surface area contributed by atoms with Crippen LogP contribution in [0, 0.1) is 0 Å². The van der Waals surface area contributed by atoms with Gasteiger partial charge in [0.15, 0.2) is 0 Å². The van der Waals surface area contributed by atoms with E-state index in [1.54, 1.807) is 30.0 Å². The summed E-state index contributed by atoms with van der Waals surface area (Å²) >= 11 is 1.68. The molecule has 0 radical (unpaired) electrons. The number of nitrogens with two attached hydrogens (primary N) is 1. The quantitative estimate of drug-likeness (QED) is 0.399. The minimum atomic E-state index is -1.38. The Balaban J connectivity index is 2.46. The average molecular weight is 341 g/mol. The van der Waals surface area contributed by atoms with Crippen molar-refractivity contribution in [1.29, 1.82) is 0 Å². The highest BCUT2D eigenvalue weighted by molar-refractivity contribution is 7.99. The smallest absolute Gasteiger partial charge is 0.269 e. The van der Waals surface area contributed by atoms with E-state index in [2.05, 4.69) is 10.9 Å². The summed E-state index contributed by atoms with van der Waals surface area (Å²) in [7, 11) is 1.49. The molecule has 0 aliphatic rings. The molecule has 0 bridgehead atoms. The van der Waals surface area contributed by atoms with Gasteiger partial charge in [0.1, 0.15) is 11.9 Å². The average Bonchev–Trinajstić information content (AvgIpc) is 2.58. The molecular weight excluding hydrogens is 318 g/mol. The lowest BCUT2D eigenvalue weighted by Crippen LogP contribution is -2.52. The van der Waals surface area contributed by atoms with Crippen LogP contribution in [0.5, 0.6) is 5.75 Å². The van der Waals surface area contributed by atoms with Gasteiger partial charge in [-0.05, 0) is 36.1 Å². The molecule has 0 aliphatic heterocycles. The van der Waals surface area contributed by atoms with E-state index in [1.165, 1.54) is 13.2 Å². The summed E-state index contributed by atoms with van der Waals surface area (Å²) < 4.78 is 5.02. The van der Waals surface area contributed by atoms with Crippen LogP contribution >= 0.6 is 11.8 Å². The normalized spacial score (nSPS) is 13.0. The first kappa shape index (κ1) is 19.3. The van der Waals surface area contributed by atoms with Crippen LogP contribution in [0.25, 0.3) is 0 Å². The van der Waals surface area contributed by atoms with E-state index in [0.29, 0.717) is 17.7 Å². The van der Waals surface area contributed by atoms with Crippen LogP contribution in [-0.2, 0) is 4.79 Å². The molecule has 1 unspecified atom stereocenters. The third-order valence-electron chi connectivity index (χ3n) is 3.10. The lowest BCUT2D eigenvalue weighted by Gasteiger charge is -2.18. The molecule has 5 N–H and O–H groups in total. The zero-order chi connectivity index (χ0) is 17.2. The topological polar surface area (TPSA) is 114 Å². The summed E-state index contributed by atoms with van der Waals surface area (Å²) in [6.45, 7) is 2.02. The number of methoxy groups -OCH3 is 1. The molecule has 0 aliphatic carbocycles. The number of aliphatic hydroxyl groups excluding tert-OH is 1. The first-order valence-electron chi connectivity index (χ1n) is 7.25. The molecule has 0 saturated heterocycles. The number of aliphatic hydroxyl groups is 1. The van der Waals surface area contributed by atoms with Crippen LogP contribution in [0.15, 0.2) is 24.3 Å². The summed E-state index contributed by atoms with van der Waals surface area (Å²) in [5.74, 6) is 0.985. The van der Waals surface area contributed by atoms with Crippen molar-refractivity contribution in [3.8, 4) is 5.75 Å². The van der Waals surface area contributed by atoms with Gasteiger partial charge in [0.25, 0.3) is 11.8 Å². The Morgan fingerprint density at radius 3 is 2.78 bits per heavy atom. The second-order valence-corrected chi connectivity index (χ2v) is 6.16. The molecule has 1 aromatic rings. The van der Waals surface area contributed by atoms with Crippen LogP contribution < -0.4 is 21.3 Å². The number of carbonyl (C=O) groups excluding carboxylic acids is 2. The van der Waals surface area contributed by atoms with Crippen LogP contribution in [0.4, 0.5) is 0 Å². The van der Waals surface area contributed by atoms with Gasteiger partial charge in [0, 0.05) is 11.6 Å². The number of hydrogen-bond donors (Lipinski definition) is 4. The van der Waals surface area contributed by atoms with Crippen LogP contribution in [-0.4, -0.2) is 47.7 Å². The molecule has 1 rings (SSSR count). The molecular formula is C15H23N3O4S. The maximum atomic E-state index is 11.9. The van der Waals surface area contributed by atoms with Gasteiger partial charge in [-0.15, -0.1) is 0 Å². The van der Waals surface area contributed by atoms with Gasteiger partial charge in [-0.25, -0.2) is 0 Å². The standard InChI is InChI=1S/C15H23N3O4S/c1-3-23-8-7-12(16)13(19)15(21)18-17-14(20)10-5-4-6-11(9-10)22-2/h4-6,9,12-13,19H,3,7-8,16H2,1-2H3,(H,17,20)(H,18,21)/t12-,13?/m1/s1. The van der Waals surface area contributed by atoms with Gasteiger partial charge in [-0.1, -0.05) is 13.0 Å². The number of amides is 2. The number of rotatable bonds is 8. The summed E-state index contributed by atoms with van der Waals surface area (Å²) in [4.78, 5) is 23.7. The van der Waals surface area contributed by atoms with E-state index in [4.69, 9.17) is 10.5 Å². The van der Waals surface area contributed by atoms with E-state index < -0.39 is 24.0 Å². The van der Waals surface area contributed by atoms with Crippen molar-refractivity contribution in [3.05, 3.63) is 29.8 Å². The number of carbonyl (C=O) groups is 2. The molecule has 7 nitrogen and oxygen atoms in total. The zero-order valence-electron chi connectivity index (χ0n) is 13.2. The molecule has 0 aromatic heterocycles. The Morgan fingerprint density at radius 2 is 2.13 bits per heavy atom. The molecule has 2 amide bonds. The van der Waals surface area contributed by atoms with E-state index in [9.17, 15) is 14.7 Å². The first-order chi connectivity index (χ1) is 11.0. The number of thioether (sulfide) groups is 1. The fourth-order valence-corrected chi connectivity index (χ4v) is 2.47. The van der Waals surface area contributed by atoms with Crippen molar-refractivity contribution < 1.29 is 19.4 Å². The van der Waals surface area contributed by atoms with Gasteiger partial charge < -0.3 is 15.6 Å². The van der Waals surface area contributed by atoms with Gasteiger partial charge in [-0.2, -0.15) is 11.8 Å². The Hall–Kier alpha value is -1.77. The second kappa shape index (κ2) is 10.1. The highest BCUT2D eigenvalue weighted by Gasteiger charge is 2.23. The summed E-state index contributed by atoms with van der Waals surface area (Å²) in [6.07, 6.45) is -0.866. The third-order valence-corrected chi connectivity index (χ3v) is 4.04. The fraction of sp³-hybridized carbons (Fsp3) is 0.467. The molecule has 1 aromatic carbocycles. The molecule has 0 heterocycles. The number of hydrazine groups is 1. The Labute approximate surface area is 139 Å². The van der Waals surface area contributed by atoms with Gasteiger partial charge in [-0.3, -0.25) is 20.4 Å². The number of nitrogens with one attached hydrogen (secondary N) is 2. The molecule has 128 valence electrons. The maximum absolute atomic E-state index is 11.9. The largest absolute Gasteiger partial charge is 0.497 e. The third kappa shape index (κ3) is 6.47. The van der Waals surface area contributed by atoms with E-state index in [1.807, 2.05) is 6.92 Å². The molecule has 0 fully saturated rings. The molecule has 0 saturated carbocycles. The van der Waals surface area contributed by atoms with Gasteiger partial charge in [0.2, 0.25) is 0 Å². The van der Waals surface area contributed by atoms with Crippen molar-refractivity contribution in [1.82, 2.24) is 10.9 Å². The number of ether oxygens (including phenoxy) is 1. The zero-order valence-corrected chi connectivity index (χ0v) is 14.1. The Morgan fingerprint density at radius 1 is 1.39 bits per heavy atom. The van der Waals surface area contributed by atoms with Crippen molar-refractivity contribution in [2.24, 2.45) is 5.73 Å². The lowest BCUT2D eigenvalue weighted by atomic mass is 10.1. The predicted molar refractivity (Wildman–Crippen MR) is 90.2 cm³/mol. The van der Waals surface area contributed by atoms with E-state index in [0.717, 1.165) is 11.5 Å². The molecule has 23 heavy (non-hydrogen) atoms. The lowest BCUT2D eigenvalue weighted by molar-refractivity contribution is -0.131. The Bertz CT molecular complexity index is 527. The van der Waals surface area contributed by atoms with Crippen molar-refractivity contribution >= 4 is 23.6 Å². The van der Waals surface area contributed by atoms with E-state index >= 15 is 0 Å². The fourth-order valence-electron chi connectivity index (χ4n) is 1.74. The maximum Gasteiger partial charge on any atom is 0.269 e. The predicted octanol–water partition coefficient (Wildman–Crippen LogP) is 0.288. The van der Waals surface area contributed by atoms with Crippen molar-refractivity contribution in [2.75, 3.05) is 18.6 Å². The molecule has 8 heteroatoms. The van der Waals surface area contributed by atoms with Gasteiger partial charge >= 0.3 is 0 Å². The van der Waals surface area contributed by atoms with Crippen molar-refractivity contribution in [2.45, 2.75) is 25.5 Å². The highest BCUT2D eigenvalue weighted by Crippen LogP contribution is 2.12. The summed E-state index contributed by atoms with van der Waals surface area (Å²) in [5, 5.41) is 9.83. The van der Waals surface area contributed by atoms with Crippen molar-refractivity contribution in [3.63, 3.8) is 0 Å². The first-order valence-corrected chi connectivity index (χ1v) is 8.40. The molecule has 2 atom stereocenters. The highest BCUT2D eigenvalue weighted by atomic mass is 32.2. The van der Waals surface area contributed by atoms with Crippen LogP contribution in [0.2, 0.25) is 0 Å². The monoisotopic (exact) mass is 341 g/mol. The minimum Gasteiger partial charge on any atom is -0.497 e. The SMILES string of the molecule is CCSCC[C@@H](N)C(O)C(=O)NNC(=O)c1cccc(OC)c1. The van der Waals surface area contributed by atoms with Crippen LogP contribution in [0.1, 0.15) is 23.7 Å². The minimum absolute atomic E-state index is 0.322. The Kier molecular flexibility index (Phi) is 8.46. The van der Waals surface area contributed by atoms with E-state index in [-0.39, 0.29) is 0 Å². The van der Waals surface area contributed by atoms with Crippen LogP contribution in [0.3, 0.4) is 0 Å². The molecule has 0 spiro atoms. The summed E-state index contributed by atoms with van der Waals surface area (Å²) in [5.41, 5.74) is 10.5. The second-order valence-electron chi connectivity index (χ2n) is 4.77. The summed E-state index contributed by atoms with van der Waals surface area (Å²) in [6, 6.07) is 5.79.